The first-order valence-electron chi connectivity index (χ1n) is 7.11. The van der Waals surface area contributed by atoms with E-state index < -0.39 is 0 Å². The predicted molar refractivity (Wildman–Crippen MR) is 95.2 cm³/mol. The molecule has 3 rings (SSSR count). The van der Waals surface area contributed by atoms with E-state index in [-0.39, 0.29) is 23.3 Å². The molecule has 0 spiro atoms. The van der Waals surface area contributed by atoms with E-state index in [1.54, 1.807) is 30.3 Å². The molecule has 0 aliphatic carbocycles. The first kappa shape index (κ1) is 15.8. The summed E-state index contributed by atoms with van der Waals surface area (Å²) in [4.78, 5) is 28.3. The van der Waals surface area contributed by atoms with E-state index in [1.165, 1.54) is 0 Å². The van der Waals surface area contributed by atoms with Crippen molar-refractivity contribution in [1.29, 1.82) is 0 Å². The third-order valence-corrected chi connectivity index (χ3v) is 3.34. The summed E-state index contributed by atoms with van der Waals surface area (Å²) in [6.45, 7) is -0.143. The molecule has 0 unspecified atom stereocenters. The van der Waals surface area contributed by atoms with Gasteiger partial charge in [0.15, 0.2) is 11.7 Å². The molecule has 0 aliphatic heterocycles. The van der Waals surface area contributed by atoms with Crippen LogP contribution in [0.3, 0.4) is 0 Å². The van der Waals surface area contributed by atoms with E-state index in [0.717, 1.165) is 0 Å². The molecule has 0 aliphatic rings. The number of hydrogen-bond donors (Lipinski definition) is 4. The lowest BCUT2D eigenvalue weighted by atomic mass is 10.3. The van der Waals surface area contributed by atoms with Gasteiger partial charge in [-0.3, -0.25) is 10.1 Å². The van der Waals surface area contributed by atoms with Crippen LogP contribution in [-0.4, -0.2) is 27.6 Å². The summed E-state index contributed by atoms with van der Waals surface area (Å²) in [6.07, 6.45) is 0. The number of amides is 1. The number of imidazole rings is 1. The van der Waals surface area contributed by atoms with Crippen molar-refractivity contribution in [2.24, 2.45) is 0 Å². The van der Waals surface area contributed by atoms with Crippen LogP contribution >= 0.6 is 12.2 Å². The third-order valence-electron chi connectivity index (χ3n) is 3.14. The van der Waals surface area contributed by atoms with Crippen LogP contribution in [0.5, 0.6) is 5.75 Å². The zero-order valence-electron chi connectivity index (χ0n) is 12.5. The number of benzene rings is 2. The summed E-state index contributed by atoms with van der Waals surface area (Å²) in [5.41, 5.74) is 1.70. The summed E-state index contributed by atoms with van der Waals surface area (Å²) < 4.78 is 5.34. The summed E-state index contributed by atoms with van der Waals surface area (Å²) >= 11 is 5.09. The number of rotatable bonds is 4. The minimum atomic E-state index is -0.368. The Hall–Kier alpha value is -3.13. The van der Waals surface area contributed by atoms with Crippen LogP contribution in [0.4, 0.5) is 5.69 Å². The number of ether oxygens (including phenoxy) is 1. The number of aromatic nitrogens is 2. The number of fused-ring (bicyclic) bond motifs is 1. The van der Waals surface area contributed by atoms with Gasteiger partial charge >= 0.3 is 5.69 Å². The van der Waals surface area contributed by atoms with E-state index in [0.29, 0.717) is 22.5 Å². The highest BCUT2D eigenvalue weighted by atomic mass is 32.1. The molecule has 8 heteroatoms. The Bertz CT molecular complexity index is 933. The molecule has 2 aromatic carbocycles. The van der Waals surface area contributed by atoms with Crippen molar-refractivity contribution in [2.75, 3.05) is 11.9 Å². The number of carbonyl (C=O) groups is 1. The van der Waals surface area contributed by atoms with Crippen molar-refractivity contribution >= 4 is 40.0 Å². The summed E-state index contributed by atoms with van der Waals surface area (Å²) in [5.74, 6) is 0.237. The molecule has 122 valence electrons. The monoisotopic (exact) mass is 342 g/mol. The summed E-state index contributed by atoms with van der Waals surface area (Å²) in [7, 11) is 0. The van der Waals surface area contributed by atoms with E-state index in [4.69, 9.17) is 17.0 Å². The molecule has 0 fully saturated rings. The van der Waals surface area contributed by atoms with Crippen molar-refractivity contribution in [1.82, 2.24) is 15.3 Å². The van der Waals surface area contributed by atoms with Crippen LogP contribution in [0.2, 0.25) is 0 Å². The number of thiocarbonyl (C=S) groups is 1. The summed E-state index contributed by atoms with van der Waals surface area (Å²) in [5, 5.41) is 5.56. The molecule has 24 heavy (non-hydrogen) atoms. The molecule has 0 atom stereocenters. The molecular weight excluding hydrogens is 328 g/mol. The van der Waals surface area contributed by atoms with E-state index in [1.807, 2.05) is 18.2 Å². The molecule has 0 saturated heterocycles. The molecule has 0 radical (unpaired) electrons. The SMILES string of the molecule is O=C(COc1ccccc1)NC(=S)Nc1ccc2[nH]c(=O)[nH]c2c1. The van der Waals surface area contributed by atoms with Crippen LogP contribution in [0, 0.1) is 0 Å². The van der Waals surface area contributed by atoms with Crippen LogP contribution in [-0.2, 0) is 4.79 Å². The van der Waals surface area contributed by atoms with Gasteiger partial charge in [-0.25, -0.2) is 4.79 Å². The number of anilines is 1. The van der Waals surface area contributed by atoms with Gasteiger partial charge in [-0.2, -0.15) is 0 Å². The topological polar surface area (TPSA) is 99.0 Å². The maximum Gasteiger partial charge on any atom is 0.323 e. The molecule has 0 bridgehead atoms. The molecule has 3 aromatic rings. The Morgan fingerprint density at radius 2 is 1.83 bits per heavy atom. The Labute approximate surface area is 142 Å². The highest BCUT2D eigenvalue weighted by molar-refractivity contribution is 7.80. The van der Waals surface area contributed by atoms with Crippen molar-refractivity contribution in [3.8, 4) is 5.75 Å². The molecule has 1 amide bonds. The minimum Gasteiger partial charge on any atom is -0.484 e. The largest absolute Gasteiger partial charge is 0.484 e. The second-order valence-electron chi connectivity index (χ2n) is 4.94. The van der Waals surface area contributed by atoms with E-state index in [2.05, 4.69) is 20.6 Å². The second kappa shape index (κ2) is 6.97. The Kier molecular flexibility index (Phi) is 4.57. The molecule has 1 heterocycles. The number of carbonyl (C=O) groups excluding carboxylic acids is 1. The van der Waals surface area contributed by atoms with E-state index in [9.17, 15) is 9.59 Å². The Balaban J connectivity index is 1.54. The number of aromatic amines is 2. The first-order chi connectivity index (χ1) is 11.6. The highest BCUT2D eigenvalue weighted by Crippen LogP contribution is 2.14. The average molecular weight is 342 g/mol. The van der Waals surface area contributed by atoms with Gasteiger partial charge in [0, 0.05) is 5.69 Å². The lowest BCUT2D eigenvalue weighted by molar-refractivity contribution is -0.121. The van der Waals surface area contributed by atoms with Gasteiger partial charge in [-0.15, -0.1) is 0 Å². The fourth-order valence-electron chi connectivity index (χ4n) is 2.10. The number of nitrogens with one attached hydrogen (secondary N) is 4. The van der Waals surface area contributed by atoms with E-state index >= 15 is 0 Å². The van der Waals surface area contributed by atoms with Gasteiger partial charge in [0.2, 0.25) is 0 Å². The lowest BCUT2D eigenvalue weighted by Crippen LogP contribution is -2.37. The standard InChI is InChI=1S/C16H14N4O3S/c21-14(9-23-11-4-2-1-3-5-11)20-16(24)17-10-6-7-12-13(8-10)19-15(22)18-12/h1-8H,9H2,(H2,18,19,22)(H2,17,20,21,24). The smallest absolute Gasteiger partial charge is 0.323 e. The highest BCUT2D eigenvalue weighted by Gasteiger charge is 2.07. The number of para-hydroxylation sites is 1. The van der Waals surface area contributed by atoms with Gasteiger partial charge < -0.3 is 20.0 Å². The van der Waals surface area contributed by atoms with Gasteiger partial charge in [0.05, 0.1) is 11.0 Å². The van der Waals surface area contributed by atoms with Crippen molar-refractivity contribution in [2.45, 2.75) is 0 Å². The number of hydrogen-bond acceptors (Lipinski definition) is 4. The van der Waals surface area contributed by atoms with Gasteiger partial charge in [-0.1, -0.05) is 18.2 Å². The Morgan fingerprint density at radius 1 is 1.08 bits per heavy atom. The first-order valence-corrected chi connectivity index (χ1v) is 7.52. The maximum atomic E-state index is 11.8. The lowest BCUT2D eigenvalue weighted by Gasteiger charge is -2.10. The van der Waals surface area contributed by atoms with Crippen LogP contribution < -0.4 is 21.1 Å². The molecule has 4 N–H and O–H groups in total. The Morgan fingerprint density at radius 3 is 2.62 bits per heavy atom. The quantitative estimate of drug-likeness (QED) is 0.542. The van der Waals surface area contributed by atoms with Crippen LogP contribution in [0.15, 0.2) is 53.3 Å². The van der Waals surface area contributed by atoms with Crippen molar-refractivity contribution < 1.29 is 9.53 Å². The minimum absolute atomic E-state index is 0.143. The van der Waals surface area contributed by atoms with Gasteiger partial charge in [0.25, 0.3) is 5.91 Å². The maximum absolute atomic E-state index is 11.8. The fourth-order valence-corrected chi connectivity index (χ4v) is 2.33. The zero-order valence-corrected chi connectivity index (χ0v) is 13.3. The van der Waals surface area contributed by atoms with Crippen LogP contribution in [0.1, 0.15) is 0 Å². The van der Waals surface area contributed by atoms with Crippen molar-refractivity contribution in [3.05, 3.63) is 59.0 Å². The fraction of sp³-hybridized carbons (Fsp3) is 0.0625. The molecule has 1 aromatic heterocycles. The summed E-state index contributed by atoms with van der Waals surface area (Å²) in [6, 6.07) is 14.2. The van der Waals surface area contributed by atoms with Crippen molar-refractivity contribution in [3.63, 3.8) is 0 Å². The second-order valence-corrected chi connectivity index (χ2v) is 5.35. The van der Waals surface area contributed by atoms with Crippen LogP contribution in [0.25, 0.3) is 11.0 Å². The molecule has 7 nitrogen and oxygen atoms in total. The average Bonchev–Trinajstić information content (AvgIpc) is 2.93. The molecule has 0 saturated carbocycles. The van der Waals surface area contributed by atoms with Gasteiger partial charge in [0.1, 0.15) is 5.75 Å². The number of H-pyrrole nitrogens is 2. The normalized spacial score (nSPS) is 10.3. The third kappa shape index (κ3) is 3.99. The van der Waals surface area contributed by atoms with Gasteiger partial charge in [-0.05, 0) is 42.5 Å². The predicted octanol–water partition coefficient (Wildman–Crippen LogP) is 1.75. The molecular formula is C16H14N4O3S. The zero-order chi connectivity index (χ0) is 16.9.